The number of morpholine rings is 1. The van der Waals surface area contributed by atoms with Crippen molar-refractivity contribution >= 4 is 16.9 Å². The first-order chi connectivity index (χ1) is 13.5. The zero-order valence-corrected chi connectivity index (χ0v) is 17.8. The van der Waals surface area contributed by atoms with Gasteiger partial charge in [0.25, 0.3) is 5.91 Å². The standard InChI is InChI=1S/C22H26N2O4.ClH/c1-14-11-17-16(3)21(28-20(17)12-15(14)2)22(25)23-13-18(19-5-4-8-27-19)24-6-9-26-10-7-24;/h4-5,8,11-12,18H,6-7,9-10,13H2,1-3H3,(H,23,25);1H. The quantitative estimate of drug-likeness (QED) is 0.577. The highest BCUT2D eigenvalue weighted by atomic mass is 35.5. The molecule has 4 rings (SSSR count). The van der Waals surface area contributed by atoms with E-state index in [0.717, 1.165) is 54.2 Å². The summed E-state index contributed by atoms with van der Waals surface area (Å²) in [5.41, 5.74) is 3.98. The van der Waals surface area contributed by atoms with Crippen LogP contribution in [0.15, 0.2) is 39.4 Å². The molecule has 3 aromatic rings. The number of carbonyl (C=O) groups excluding carboxylic acids is 1. The normalized spacial score (nSPS) is 15.8. The number of hydrogen-bond donors (Lipinski definition) is 2. The molecule has 0 saturated carbocycles. The first kappa shape index (κ1) is 21.4. The molecule has 1 saturated heterocycles. The van der Waals surface area contributed by atoms with Crippen LogP contribution in [-0.2, 0) is 4.74 Å². The maximum Gasteiger partial charge on any atom is 0.287 e. The average molecular weight is 419 g/mol. The molecule has 1 aromatic carbocycles. The topological polar surface area (TPSA) is 69.0 Å². The fourth-order valence-electron chi connectivity index (χ4n) is 3.89. The lowest BCUT2D eigenvalue weighted by atomic mass is 10.0. The predicted molar refractivity (Wildman–Crippen MR) is 106 cm³/mol. The fourth-order valence-corrected chi connectivity index (χ4v) is 3.89. The van der Waals surface area contributed by atoms with Crippen molar-refractivity contribution in [3.63, 3.8) is 0 Å². The van der Waals surface area contributed by atoms with E-state index in [2.05, 4.69) is 18.3 Å². The van der Waals surface area contributed by atoms with Crippen molar-refractivity contribution in [2.75, 3.05) is 32.8 Å². The third-order valence-corrected chi connectivity index (χ3v) is 5.74. The Morgan fingerprint density at radius 2 is 1.90 bits per heavy atom. The van der Waals surface area contributed by atoms with Crippen LogP contribution in [-0.4, -0.2) is 38.8 Å². The van der Waals surface area contributed by atoms with Gasteiger partial charge in [-0.25, -0.2) is 0 Å². The summed E-state index contributed by atoms with van der Waals surface area (Å²) in [4.78, 5) is 14.2. The number of amides is 1. The van der Waals surface area contributed by atoms with Crippen LogP contribution in [0.4, 0.5) is 0 Å². The zero-order valence-electron chi connectivity index (χ0n) is 17.0. The number of fused-ring (bicyclic) bond motifs is 1. The van der Waals surface area contributed by atoms with E-state index >= 15 is 0 Å². The Labute approximate surface area is 176 Å². The van der Waals surface area contributed by atoms with Gasteiger partial charge >= 0.3 is 0 Å². The molecule has 1 aliphatic rings. The van der Waals surface area contributed by atoms with Gasteiger partial charge in [0.1, 0.15) is 18.7 Å². The van der Waals surface area contributed by atoms with Gasteiger partial charge in [-0.3, -0.25) is 4.79 Å². The van der Waals surface area contributed by atoms with Gasteiger partial charge in [0.15, 0.2) is 17.6 Å². The minimum Gasteiger partial charge on any atom is -1.00 e. The maximum absolute atomic E-state index is 12.9. The number of benzene rings is 1. The van der Waals surface area contributed by atoms with Crippen LogP contribution in [0.25, 0.3) is 11.0 Å². The highest BCUT2D eigenvalue weighted by Gasteiger charge is 2.29. The van der Waals surface area contributed by atoms with Gasteiger partial charge in [0.2, 0.25) is 0 Å². The Balaban J connectivity index is 0.00000240. The number of quaternary nitrogens is 1. The summed E-state index contributed by atoms with van der Waals surface area (Å²) in [6, 6.07) is 7.99. The van der Waals surface area contributed by atoms with E-state index in [4.69, 9.17) is 13.6 Å². The van der Waals surface area contributed by atoms with Crippen molar-refractivity contribution in [3.8, 4) is 0 Å². The van der Waals surface area contributed by atoms with E-state index in [0.29, 0.717) is 12.3 Å². The molecule has 2 aromatic heterocycles. The first-order valence-electron chi connectivity index (χ1n) is 9.79. The monoisotopic (exact) mass is 418 g/mol. The molecule has 3 heterocycles. The number of hydrogen-bond acceptors (Lipinski definition) is 4. The second-order valence-corrected chi connectivity index (χ2v) is 7.54. The summed E-state index contributed by atoms with van der Waals surface area (Å²) in [5.74, 6) is 1.08. The van der Waals surface area contributed by atoms with Crippen molar-refractivity contribution in [2.45, 2.75) is 26.8 Å². The summed E-state index contributed by atoms with van der Waals surface area (Å²) in [7, 11) is 0. The number of ether oxygens (including phenoxy) is 1. The van der Waals surface area contributed by atoms with Crippen LogP contribution < -0.4 is 22.6 Å². The van der Waals surface area contributed by atoms with Crippen LogP contribution >= 0.6 is 0 Å². The van der Waals surface area contributed by atoms with Crippen LogP contribution in [0, 0.1) is 20.8 Å². The maximum atomic E-state index is 12.9. The highest BCUT2D eigenvalue weighted by molar-refractivity contribution is 5.99. The Kier molecular flexibility index (Phi) is 6.67. The zero-order chi connectivity index (χ0) is 19.7. The summed E-state index contributed by atoms with van der Waals surface area (Å²) in [5, 5.41) is 4.06. The SMILES string of the molecule is Cc1cc2oc(C(=O)NCC(c3ccco3)[NH+]3CCOCC3)c(C)c2cc1C.[Cl-]. The largest absolute Gasteiger partial charge is 1.00 e. The van der Waals surface area contributed by atoms with E-state index in [1.807, 2.05) is 32.0 Å². The first-order valence-corrected chi connectivity index (χ1v) is 9.79. The van der Waals surface area contributed by atoms with Crippen LogP contribution in [0.3, 0.4) is 0 Å². The lowest BCUT2D eigenvalue weighted by molar-refractivity contribution is -0.938. The third-order valence-electron chi connectivity index (χ3n) is 5.74. The van der Waals surface area contributed by atoms with Crippen molar-refractivity contribution in [1.82, 2.24) is 5.32 Å². The number of halogens is 1. The van der Waals surface area contributed by atoms with Crippen molar-refractivity contribution in [1.29, 1.82) is 0 Å². The van der Waals surface area contributed by atoms with Crippen LogP contribution in [0.2, 0.25) is 0 Å². The second-order valence-electron chi connectivity index (χ2n) is 7.54. The Morgan fingerprint density at radius 1 is 1.17 bits per heavy atom. The van der Waals surface area contributed by atoms with Gasteiger partial charge in [-0.1, -0.05) is 0 Å². The number of nitrogens with one attached hydrogen (secondary N) is 2. The lowest BCUT2D eigenvalue weighted by Crippen LogP contribution is -3.15. The molecule has 7 heteroatoms. The van der Waals surface area contributed by atoms with E-state index in [-0.39, 0.29) is 24.4 Å². The molecular formula is C22H27ClN2O4. The predicted octanol–water partition coefficient (Wildman–Crippen LogP) is -0.659. The number of aryl methyl sites for hydroxylation is 3. The second kappa shape index (κ2) is 9.03. The van der Waals surface area contributed by atoms with Gasteiger partial charge in [-0.2, -0.15) is 0 Å². The van der Waals surface area contributed by atoms with E-state index in [9.17, 15) is 4.79 Å². The minimum absolute atomic E-state index is 0. The number of carbonyl (C=O) groups is 1. The van der Waals surface area contributed by atoms with Gasteiger partial charge in [-0.15, -0.1) is 0 Å². The molecule has 0 bridgehead atoms. The summed E-state index contributed by atoms with van der Waals surface area (Å²) in [6.07, 6.45) is 1.68. The van der Waals surface area contributed by atoms with Crippen molar-refractivity contribution in [2.24, 2.45) is 0 Å². The Hall–Kier alpha value is -2.28. The molecule has 0 spiro atoms. The molecule has 1 amide bonds. The third kappa shape index (κ3) is 4.34. The van der Waals surface area contributed by atoms with Crippen molar-refractivity contribution in [3.05, 3.63) is 58.7 Å². The molecule has 2 N–H and O–H groups in total. The summed E-state index contributed by atoms with van der Waals surface area (Å²) in [6.45, 7) is 9.77. The van der Waals surface area contributed by atoms with Gasteiger partial charge in [0.05, 0.1) is 26.0 Å². The lowest BCUT2D eigenvalue weighted by Gasteiger charge is -2.30. The van der Waals surface area contributed by atoms with E-state index in [1.165, 1.54) is 10.5 Å². The van der Waals surface area contributed by atoms with E-state index in [1.54, 1.807) is 6.26 Å². The van der Waals surface area contributed by atoms with Crippen molar-refractivity contribution < 1.29 is 35.7 Å². The molecule has 29 heavy (non-hydrogen) atoms. The average Bonchev–Trinajstić information content (AvgIpc) is 3.33. The molecule has 156 valence electrons. The summed E-state index contributed by atoms with van der Waals surface area (Å²) >= 11 is 0. The summed E-state index contributed by atoms with van der Waals surface area (Å²) < 4.78 is 17.0. The Morgan fingerprint density at radius 3 is 2.59 bits per heavy atom. The van der Waals surface area contributed by atoms with Gasteiger partial charge in [0, 0.05) is 10.9 Å². The molecule has 1 aliphatic heterocycles. The fraction of sp³-hybridized carbons (Fsp3) is 0.409. The van der Waals surface area contributed by atoms with E-state index < -0.39 is 0 Å². The number of rotatable bonds is 5. The molecule has 1 fully saturated rings. The van der Waals surface area contributed by atoms with Gasteiger partial charge < -0.3 is 36.2 Å². The Bertz CT molecular complexity index is 975. The van der Waals surface area contributed by atoms with Crippen LogP contribution in [0.1, 0.15) is 39.0 Å². The smallest absolute Gasteiger partial charge is 0.287 e. The molecule has 0 aliphatic carbocycles. The molecule has 6 nitrogen and oxygen atoms in total. The van der Waals surface area contributed by atoms with Crippen LogP contribution in [0.5, 0.6) is 0 Å². The molecule has 0 radical (unpaired) electrons. The molecule has 1 unspecified atom stereocenters. The molecule has 1 atom stereocenters. The number of furan rings is 2. The minimum atomic E-state index is -0.187. The molecular weight excluding hydrogens is 392 g/mol. The highest BCUT2D eigenvalue weighted by Crippen LogP contribution is 2.28. The van der Waals surface area contributed by atoms with Gasteiger partial charge in [-0.05, 0) is 56.2 Å².